The van der Waals surface area contributed by atoms with E-state index in [1.54, 1.807) is 18.2 Å². The minimum absolute atomic E-state index is 0.115. The topological polar surface area (TPSA) is 53.8 Å². The molecule has 1 aliphatic carbocycles. The molecule has 7 heteroatoms. The standard InChI is InChI=1S/C23H23Cl2N3OS/c24-18-11-10-17(14-19(18)25)26-20(29)15-30-22-21(16-8-4-3-5-9-16)27-23(28-22)12-6-1-2-7-13-23/h3-5,8-11,14H,1-2,6-7,12-13,15H2,(H,26,29). The number of halogens is 2. The molecule has 30 heavy (non-hydrogen) atoms. The summed E-state index contributed by atoms with van der Waals surface area (Å²) in [5.74, 6) is 0.136. The van der Waals surface area contributed by atoms with Crippen molar-refractivity contribution >= 4 is 57.3 Å². The molecular formula is C23H23Cl2N3OS. The summed E-state index contributed by atoms with van der Waals surface area (Å²) in [6, 6.07) is 15.2. The largest absolute Gasteiger partial charge is 0.325 e. The summed E-state index contributed by atoms with van der Waals surface area (Å²) < 4.78 is 0. The first-order chi connectivity index (χ1) is 14.5. The van der Waals surface area contributed by atoms with Crippen LogP contribution in [0.4, 0.5) is 5.69 Å². The van der Waals surface area contributed by atoms with Gasteiger partial charge in [-0.25, -0.2) is 4.99 Å². The van der Waals surface area contributed by atoms with Gasteiger partial charge in [0.15, 0.2) is 5.66 Å². The summed E-state index contributed by atoms with van der Waals surface area (Å²) in [6.07, 6.45) is 6.71. The Balaban J connectivity index is 1.49. The number of carbonyl (C=O) groups excluding carboxylic acids is 1. The van der Waals surface area contributed by atoms with Gasteiger partial charge in [-0.3, -0.25) is 9.79 Å². The molecule has 4 rings (SSSR count). The van der Waals surface area contributed by atoms with E-state index in [0.717, 1.165) is 42.0 Å². The highest BCUT2D eigenvalue weighted by molar-refractivity contribution is 8.16. The summed E-state index contributed by atoms with van der Waals surface area (Å²) >= 11 is 13.4. The second kappa shape index (κ2) is 9.54. The first kappa shape index (κ1) is 21.4. The van der Waals surface area contributed by atoms with Crippen LogP contribution >= 0.6 is 35.0 Å². The number of benzene rings is 2. The molecule has 0 bridgehead atoms. The molecule has 156 valence electrons. The summed E-state index contributed by atoms with van der Waals surface area (Å²) in [4.78, 5) is 22.7. The highest BCUT2D eigenvalue weighted by Gasteiger charge is 2.37. The number of rotatable bonds is 4. The predicted octanol–water partition coefficient (Wildman–Crippen LogP) is 6.62. The zero-order valence-corrected chi connectivity index (χ0v) is 18.9. The molecule has 1 fully saturated rings. The molecule has 1 N–H and O–H groups in total. The number of carbonyl (C=O) groups is 1. The lowest BCUT2D eigenvalue weighted by molar-refractivity contribution is -0.113. The van der Waals surface area contributed by atoms with Crippen LogP contribution in [0.15, 0.2) is 58.5 Å². The van der Waals surface area contributed by atoms with Gasteiger partial charge < -0.3 is 5.32 Å². The molecule has 2 aliphatic rings. The van der Waals surface area contributed by atoms with Crippen molar-refractivity contribution in [2.45, 2.75) is 44.2 Å². The average molecular weight is 460 g/mol. The number of anilines is 1. The lowest BCUT2D eigenvalue weighted by atomic mass is 10.0. The Morgan fingerprint density at radius 2 is 1.70 bits per heavy atom. The average Bonchev–Trinajstić information content (AvgIpc) is 2.94. The quantitative estimate of drug-likeness (QED) is 0.558. The van der Waals surface area contributed by atoms with Crippen LogP contribution in [0.5, 0.6) is 0 Å². The van der Waals surface area contributed by atoms with E-state index in [0.29, 0.717) is 15.7 Å². The molecule has 0 atom stereocenters. The Morgan fingerprint density at radius 1 is 0.967 bits per heavy atom. The fourth-order valence-corrected chi connectivity index (χ4v) is 5.00. The van der Waals surface area contributed by atoms with Gasteiger partial charge in [-0.05, 0) is 43.9 Å². The van der Waals surface area contributed by atoms with E-state index < -0.39 is 0 Å². The molecule has 1 spiro atoms. The molecule has 1 aliphatic heterocycles. The number of hydrogen-bond donors (Lipinski definition) is 1. The molecular weight excluding hydrogens is 437 g/mol. The zero-order chi connectivity index (χ0) is 21.0. The van der Waals surface area contributed by atoms with Gasteiger partial charge in [-0.1, -0.05) is 78.1 Å². The van der Waals surface area contributed by atoms with Crippen molar-refractivity contribution in [3.8, 4) is 0 Å². The van der Waals surface area contributed by atoms with E-state index in [2.05, 4.69) is 17.4 Å². The van der Waals surface area contributed by atoms with Crippen molar-refractivity contribution in [2.24, 2.45) is 9.98 Å². The summed E-state index contributed by atoms with van der Waals surface area (Å²) in [6.45, 7) is 0. The normalized spacial score (nSPS) is 17.9. The van der Waals surface area contributed by atoms with Gasteiger partial charge in [-0.15, -0.1) is 0 Å². The summed E-state index contributed by atoms with van der Waals surface area (Å²) in [7, 11) is 0. The van der Waals surface area contributed by atoms with Crippen molar-refractivity contribution in [1.82, 2.24) is 0 Å². The van der Waals surface area contributed by atoms with Crippen LogP contribution in [0.25, 0.3) is 0 Å². The fraction of sp³-hybridized carbons (Fsp3) is 0.348. The number of amides is 1. The zero-order valence-electron chi connectivity index (χ0n) is 16.5. The first-order valence-electron chi connectivity index (χ1n) is 10.2. The lowest BCUT2D eigenvalue weighted by Crippen LogP contribution is -2.20. The van der Waals surface area contributed by atoms with Crippen LogP contribution in [0.3, 0.4) is 0 Å². The van der Waals surface area contributed by atoms with Crippen molar-refractivity contribution in [1.29, 1.82) is 0 Å². The minimum Gasteiger partial charge on any atom is -0.325 e. The van der Waals surface area contributed by atoms with Gasteiger partial charge >= 0.3 is 0 Å². The van der Waals surface area contributed by atoms with E-state index in [4.69, 9.17) is 33.2 Å². The molecule has 0 saturated heterocycles. The maximum absolute atomic E-state index is 12.5. The van der Waals surface area contributed by atoms with E-state index >= 15 is 0 Å². The third-order valence-electron chi connectivity index (χ3n) is 5.33. The summed E-state index contributed by atoms with van der Waals surface area (Å²) in [5, 5.41) is 4.60. The number of nitrogens with one attached hydrogen (secondary N) is 1. The highest BCUT2D eigenvalue weighted by Crippen LogP contribution is 2.38. The Bertz CT molecular complexity index is 983. The lowest BCUT2D eigenvalue weighted by Gasteiger charge is -2.20. The molecule has 0 radical (unpaired) electrons. The van der Waals surface area contributed by atoms with Crippen LogP contribution < -0.4 is 5.32 Å². The molecule has 2 aromatic rings. The molecule has 1 amide bonds. The van der Waals surface area contributed by atoms with Gasteiger partial charge in [0.05, 0.1) is 21.5 Å². The van der Waals surface area contributed by atoms with Crippen LogP contribution in [0.1, 0.15) is 44.1 Å². The van der Waals surface area contributed by atoms with Crippen molar-refractivity contribution < 1.29 is 4.79 Å². The number of nitrogens with zero attached hydrogens (tertiary/aromatic N) is 2. The molecule has 1 heterocycles. The maximum atomic E-state index is 12.5. The molecule has 0 aromatic heterocycles. The van der Waals surface area contributed by atoms with Crippen LogP contribution in [-0.2, 0) is 4.79 Å². The van der Waals surface area contributed by atoms with E-state index in [9.17, 15) is 4.79 Å². The maximum Gasteiger partial charge on any atom is 0.234 e. The van der Waals surface area contributed by atoms with Gasteiger partial charge in [-0.2, -0.15) is 0 Å². The Morgan fingerprint density at radius 3 is 2.40 bits per heavy atom. The minimum atomic E-state index is -0.357. The first-order valence-corrected chi connectivity index (χ1v) is 11.9. The molecule has 1 saturated carbocycles. The number of aliphatic imine (C=N–C) groups is 2. The number of hydrogen-bond acceptors (Lipinski definition) is 4. The van der Waals surface area contributed by atoms with Crippen LogP contribution in [0, 0.1) is 0 Å². The van der Waals surface area contributed by atoms with Crippen LogP contribution in [-0.4, -0.2) is 28.1 Å². The van der Waals surface area contributed by atoms with Crippen molar-refractivity contribution in [2.75, 3.05) is 11.1 Å². The number of thioether (sulfide) groups is 1. The second-order valence-electron chi connectivity index (χ2n) is 7.61. The monoisotopic (exact) mass is 459 g/mol. The molecule has 0 unspecified atom stereocenters. The Kier molecular flexibility index (Phi) is 6.81. The highest BCUT2D eigenvalue weighted by atomic mass is 35.5. The SMILES string of the molecule is O=C(CSC1=NC2(CCCCCC2)N=C1c1ccccc1)Nc1ccc(Cl)c(Cl)c1. The predicted molar refractivity (Wildman–Crippen MR) is 128 cm³/mol. The molecule has 2 aromatic carbocycles. The van der Waals surface area contributed by atoms with Gasteiger partial charge in [0.2, 0.25) is 5.91 Å². The van der Waals surface area contributed by atoms with E-state index in [1.807, 2.05) is 18.2 Å². The molecule has 4 nitrogen and oxygen atoms in total. The fourth-order valence-electron chi connectivity index (χ4n) is 3.83. The van der Waals surface area contributed by atoms with E-state index in [-0.39, 0.29) is 17.3 Å². The van der Waals surface area contributed by atoms with Gasteiger partial charge in [0.25, 0.3) is 0 Å². The van der Waals surface area contributed by atoms with E-state index in [1.165, 1.54) is 24.6 Å². The third-order valence-corrected chi connectivity index (χ3v) is 7.03. The van der Waals surface area contributed by atoms with Crippen molar-refractivity contribution in [3.05, 3.63) is 64.1 Å². The Labute approximate surface area is 191 Å². The summed E-state index contributed by atoms with van der Waals surface area (Å²) in [5.41, 5.74) is 2.23. The van der Waals surface area contributed by atoms with Crippen LogP contribution in [0.2, 0.25) is 10.0 Å². The van der Waals surface area contributed by atoms with Gasteiger partial charge in [0.1, 0.15) is 5.04 Å². The smallest absolute Gasteiger partial charge is 0.234 e. The van der Waals surface area contributed by atoms with Gasteiger partial charge in [0, 0.05) is 11.3 Å². The second-order valence-corrected chi connectivity index (χ2v) is 9.38. The third kappa shape index (κ3) is 5.08. The van der Waals surface area contributed by atoms with Crippen molar-refractivity contribution in [3.63, 3.8) is 0 Å². The Hall–Kier alpha value is -1.82.